The van der Waals surface area contributed by atoms with Crippen LogP contribution in [0.25, 0.3) is 5.57 Å². The molecule has 0 atom stereocenters. The van der Waals surface area contributed by atoms with E-state index < -0.39 is 0 Å². The van der Waals surface area contributed by atoms with Crippen LogP contribution in [0.4, 0.5) is 0 Å². The van der Waals surface area contributed by atoms with Crippen LogP contribution in [-0.4, -0.2) is 13.1 Å². The fraction of sp³-hybridized carbons (Fsp3) is 0.357. The number of hydrogen-bond donors (Lipinski definition) is 0. The van der Waals surface area contributed by atoms with Crippen molar-refractivity contribution in [1.82, 2.24) is 0 Å². The molecule has 0 aliphatic rings. The van der Waals surface area contributed by atoms with E-state index in [0.29, 0.717) is 5.57 Å². The Morgan fingerprint density at radius 3 is 2.12 bits per heavy atom. The zero-order valence-electron chi connectivity index (χ0n) is 10.1. The fourth-order valence-electron chi connectivity index (χ4n) is 1.78. The lowest BCUT2D eigenvalue weighted by Crippen LogP contribution is -2.07. The Bertz CT molecular complexity index is 371. The van der Waals surface area contributed by atoms with Gasteiger partial charge in [0.15, 0.2) is 0 Å². The lowest BCUT2D eigenvalue weighted by Gasteiger charge is -2.11. The van der Waals surface area contributed by atoms with Crippen molar-refractivity contribution in [3.63, 3.8) is 0 Å². The predicted octanol–water partition coefficient (Wildman–Crippen LogP) is 3.43. The second-order valence-corrected chi connectivity index (χ2v) is 3.54. The summed E-state index contributed by atoms with van der Waals surface area (Å²) in [5.74, 6) is -0.245. The summed E-state index contributed by atoms with van der Waals surface area (Å²) in [6.45, 7) is 4.12. The third kappa shape index (κ3) is 2.72. The lowest BCUT2D eigenvalue weighted by atomic mass is 9.96. The molecule has 0 unspecified atom stereocenters. The molecule has 0 radical (unpaired) electrons. The molecule has 0 saturated heterocycles. The fourth-order valence-corrected chi connectivity index (χ4v) is 1.78. The van der Waals surface area contributed by atoms with Crippen molar-refractivity contribution >= 4 is 11.5 Å². The van der Waals surface area contributed by atoms with Gasteiger partial charge in [-0.05, 0) is 18.4 Å². The molecule has 2 heteroatoms. The van der Waals surface area contributed by atoms with Crippen LogP contribution in [0.3, 0.4) is 0 Å². The minimum Gasteiger partial charge on any atom is -0.465 e. The Kier molecular flexibility index (Phi) is 4.77. The van der Waals surface area contributed by atoms with E-state index in [1.165, 1.54) is 7.11 Å². The summed E-state index contributed by atoms with van der Waals surface area (Å²) in [6.07, 6.45) is 1.74. The van der Waals surface area contributed by atoms with Crippen molar-refractivity contribution in [2.45, 2.75) is 26.7 Å². The maximum atomic E-state index is 11.8. The van der Waals surface area contributed by atoms with Crippen LogP contribution >= 0.6 is 0 Å². The summed E-state index contributed by atoms with van der Waals surface area (Å²) in [4.78, 5) is 11.8. The number of esters is 1. The molecular formula is C14H18O2. The SMILES string of the molecule is CCC(CC)=C(C(=O)OC)c1ccccc1. The molecule has 0 aliphatic carbocycles. The van der Waals surface area contributed by atoms with Crippen molar-refractivity contribution in [1.29, 1.82) is 0 Å². The van der Waals surface area contributed by atoms with E-state index in [1.807, 2.05) is 30.3 Å². The van der Waals surface area contributed by atoms with Crippen LogP contribution in [0, 0.1) is 0 Å². The monoisotopic (exact) mass is 218 g/mol. The van der Waals surface area contributed by atoms with Crippen molar-refractivity contribution in [2.75, 3.05) is 7.11 Å². The summed E-state index contributed by atoms with van der Waals surface area (Å²) in [6, 6.07) is 9.69. The first-order chi connectivity index (χ1) is 7.74. The number of allylic oxidation sites excluding steroid dienone is 1. The molecule has 0 aliphatic heterocycles. The van der Waals surface area contributed by atoms with E-state index in [2.05, 4.69) is 13.8 Å². The number of ether oxygens (including phenoxy) is 1. The predicted molar refractivity (Wildman–Crippen MR) is 66.0 cm³/mol. The Morgan fingerprint density at radius 1 is 1.12 bits per heavy atom. The molecule has 1 aromatic carbocycles. The molecular weight excluding hydrogens is 200 g/mol. The molecule has 86 valence electrons. The summed E-state index contributed by atoms with van der Waals surface area (Å²) in [5.41, 5.74) is 2.79. The maximum Gasteiger partial charge on any atom is 0.338 e. The molecule has 0 bridgehead atoms. The van der Waals surface area contributed by atoms with Gasteiger partial charge in [-0.15, -0.1) is 0 Å². The molecule has 0 fully saturated rings. The number of methoxy groups -OCH3 is 1. The molecule has 0 saturated carbocycles. The van der Waals surface area contributed by atoms with Crippen LogP contribution in [0.5, 0.6) is 0 Å². The van der Waals surface area contributed by atoms with E-state index in [9.17, 15) is 4.79 Å². The van der Waals surface area contributed by atoms with Gasteiger partial charge in [0, 0.05) is 0 Å². The van der Waals surface area contributed by atoms with Gasteiger partial charge in [-0.2, -0.15) is 0 Å². The first-order valence-corrected chi connectivity index (χ1v) is 5.60. The summed E-state index contributed by atoms with van der Waals surface area (Å²) >= 11 is 0. The van der Waals surface area contributed by atoms with Gasteiger partial charge in [0.1, 0.15) is 0 Å². The highest BCUT2D eigenvalue weighted by Crippen LogP contribution is 2.24. The van der Waals surface area contributed by atoms with Crippen LogP contribution in [0.2, 0.25) is 0 Å². The van der Waals surface area contributed by atoms with E-state index in [4.69, 9.17) is 4.74 Å². The molecule has 2 nitrogen and oxygen atoms in total. The quantitative estimate of drug-likeness (QED) is 0.571. The van der Waals surface area contributed by atoms with Crippen molar-refractivity contribution in [3.8, 4) is 0 Å². The normalized spacial score (nSPS) is 9.69. The average Bonchev–Trinajstić information content (AvgIpc) is 2.36. The van der Waals surface area contributed by atoms with Crippen LogP contribution in [0.15, 0.2) is 35.9 Å². The number of hydrogen-bond acceptors (Lipinski definition) is 2. The minimum atomic E-state index is -0.245. The van der Waals surface area contributed by atoms with Crippen LogP contribution < -0.4 is 0 Å². The van der Waals surface area contributed by atoms with Gasteiger partial charge in [0.2, 0.25) is 0 Å². The Labute approximate surface area is 96.9 Å². The molecule has 0 N–H and O–H groups in total. The van der Waals surface area contributed by atoms with Gasteiger partial charge < -0.3 is 4.74 Å². The first-order valence-electron chi connectivity index (χ1n) is 5.60. The van der Waals surface area contributed by atoms with Gasteiger partial charge in [0.05, 0.1) is 12.7 Å². The number of rotatable bonds is 4. The number of carbonyl (C=O) groups is 1. The second-order valence-electron chi connectivity index (χ2n) is 3.54. The van der Waals surface area contributed by atoms with Crippen LogP contribution in [-0.2, 0) is 9.53 Å². The molecule has 0 aromatic heterocycles. The van der Waals surface area contributed by atoms with Gasteiger partial charge in [-0.3, -0.25) is 0 Å². The van der Waals surface area contributed by atoms with Crippen molar-refractivity contribution < 1.29 is 9.53 Å². The Morgan fingerprint density at radius 2 is 1.69 bits per heavy atom. The second kappa shape index (κ2) is 6.11. The molecule has 0 amide bonds. The maximum absolute atomic E-state index is 11.8. The third-order valence-electron chi connectivity index (χ3n) is 2.66. The third-order valence-corrected chi connectivity index (χ3v) is 2.66. The molecule has 1 rings (SSSR count). The summed E-state index contributed by atoms with van der Waals surface area (Å²) in [5, 5.41) is 0. The molecule has 1 aromatic rings. The van der Waals surface area contributed by atoms with E-state index in [0.717, 1.165) is 24.0 Å². The van der Waals surface area contributed by atoms with Crippen LogP contribution in [0.1, 0.15) is 32.3 Å². The smallest absolute Gasteiger partial charge is 0.338 e. The Hall–Kier alpha value is -1.57. The topological polar surface area (TPSA) is 26.3 Å². The number of benzene rings is 1. The lowest BCUT2D eigenvalue weighted by molar-refractivity contribution is -0.133. The Balaban J connectivity index is 3.26. The van der Waals surface area contributed by atoms with E-state index >= 15 is 0 Å². The number of carbonyl (C=O) groups excluding carboxylic acids is 1. The molecule has 0 spiro atoms. The van der Waals surface area contributed by atoms with E-state index in [1.54, 1.807) is 0 Å². The minimum absolute atomic E-state index is 0.245. The first kappa shape index (κ1) is 12.5. The standard InChI is InChI=1S/C14H18O2/c1-4-11(5-2)13(14(15)16-3)12-9-7-6-8-10-12/h6-10H,4-5H2,1-3H3. The zero-order valence-corrected chi connectivity index (χ0v) is 10.1. The van der Waals surface area contributed by atoms with Gasteiger partial charge in [-0.1, -0.05) is 49.8 Å². The summed E-state index contributed by atoms with van der Waals surface area (Å²) < 4.78 is 4.85. The van der Waals surface area contributed by atoms with Gasteiger partial charge in [0.25, 0.3) is 0 Å². The largest absolute Gasteiger partial charge is 0.465 e. The molecule has 16 heavy (non-hydrogen) atoms. The highest BCUT2D eigenvalue weighted by atomic mass is 16.5. The van der Waals surface area contributed by atoms with Gasteiger partial charge in [-0.25, -0.2) is 4.79 Å². The van der Waals surface area contributed by atoms with Crippen molar-refractivity contribution in [3.05, 3.63) is 41.5 Å². The van der Waals surface area contributed by atoms with Crippen molar-refractivity contribution in [2.24, 2.45) is 0 Å². The highest BCUT2D eigenvalue weighted by Gasteiger charge is 2.15. The molecule has 0 heterocycles. The average molecular weight is 218 g/mol. The van der Waals surface area contributed by atoms with Gasteiger partial charge >= 0.3 is 5.97 Å². The zero-order chi connectivity index (χ0) is 12.0. The van der Waals surface area contributed by atoms with E-state index in [-0.39, 0.29) is 5.97 Å². The summed E-state index contributed by atoms with van der Waals surface area (Å²) in [7, 11) is 1.42. The highest BCUT2D eigenvalue weighted by molar-refractivity contribution is 6.17.